The molecule has 0 spiro atoms. The minimum absolute atomic E-state index is 0. The fourth-order valence-corrected chi connectivity index (χ4v) is 0.185. The van der Waals surface area contributed by atoms with E-state index >= 15 is 0 Å². The molecule has 0 aromatic carbocycles. The van der Waals surface area contributed by atoms with Gasteiger partial charge in [0.15, 0.2) is 5.91 Å². The van der Waals surface area contributed by atoms with Gasteiger partial charge in [-0.1, -0.05) is 0 Å². The van der Waals surface area contributed by atoms with E-state index in [4.69, 9.17) is 7.85 Å². The summed E-state index contributed by atoms with van der Waals surface area (Å²) in [4.78, 5) is 10.2. The van der Waals surface area contributed by atoms with Crippen LogP contribution >= 0.6 is 0 Å². The molecular weight excluding hydrogens is 190 g/mol. The molecule has 0 aromatic rings. The Kier molecular flexibility index (Phi) is 15.7. The van der Waals surface area contributed by atoms with Crippen molar-refractivity contribution < 1.29 is 37.5 Å². The van der Waals surface area contributed by atoms with Crippen LogP contribution in [0.25, 0.3) is 0 Å². The zero-order chi connectivity index (χ0) is 5.86. The van der Waals surface area contributed by atoms with Gasteiger partial charge in [0, 0.05) is 47.6 Å². The third kappa shape index (κ3) is 8.64. The Hall–Kier alpha value is 0.639. The topological polar surface area (TPSA) is 29.1 Å². The Morgan fingerprint density at radius 2 is 2.11 bits per heavy atom. The van der Waals surface area contributed by atoms with Gasteiger partial charge in [-0.05, 0) is 0 Å². The molecule has 0 fully saturated rings. The van der Waals surface area contributed by atoms with E-state index in [1.807, 2.05) is 0 Å². The van der Waals surface area contributed by atoms with E-state index in [9.17, 15) is 4.79 Å². The molecule has 0 aliphatic rings. The average molecular weight is 200 g/mol. The molecule has 9 heavy (non-hydrogen) atoms. The molecule has 2 nitrogen and oxygen atoms in total. The predicted molar refractivity (Wildman–Crippen MR) is 35.3 cm³/mol. The van der Waals surface area contributed by atoms with Gasteiger partial charge in [-0.2, -0.15) is 0 Å². The van der Waals surface area contributed by atoms with Crippen molar-refractivity contribution in [3.8, 4) is 0 Å². The Bertz CT molecular complexity index is 77.4. The van der Waals surface area contributed by atoms with Crippen LogP contribution in [0.1, 0.15) is 0 Å². The largest absolute Gasteiger partial charge is 0.362 e. The minimum Gasteiger partial charge on any atom is -0.362 e. The maximum absolute atomic E-state index is 10.2. The first-order chi connectivity index (χ1) is 3.18. The molecule has 1 amide bonds. The van der Waals surface area contributed by atoms with Crippen LogP contribution in [0.5, 0.6) is 0 Å². The summed E-state index contributed by atoms with van der Waals surface area (Å²) in [6, 6.07) is 0. The Labute approximate surface area is 83.5 Å². The van der Waals surface area contributed by atoms with Gasteiger partial charge in [-0.3, -0.25) is 4.79 Å². The van der Waals surface area contributed by atoms with Gasteiger partial charge in [0.05, 0.1) is 0 Å². The number of hydrogen-bond acceptors (Lipinski definition) is 1. The molecule has 0 heterocycles. The van der Waals surface area contributed by atoms with Crippen LogP contribution in [0.2, 0.25) is 5.82 Å². The van der Waals surface area contributed by atoms with Gasteiger partial charge in [0.2, 0.25) is 0 Å². The third-order valence-corrected chi connectivity index (χ3v) is 0.583. The second kappa shape index (κ2) is 8.64. The molecule has 0 saturated carbocycles. The Morgan fingerprint density at radius 3 is 2.11 bits per heavy atom. The number of carbonyl (C=O) groups excluding carboxylic acids is 1. The molecular formula is C5H10BNOY-2. The van der Waals surface area contributed by atoms with Crippen molar-refractivity contribution >= 4 is 13.8 Å². The van der Waals surface area contributed by atoms with Gasteiger partial charge in [-0.15, -0.1) is 5.82 Å². The van der Waals surface area contributed by atoms with Crippen LogP contribution in [-0.2, 0) is 37.5 Å². The molecule has 0 aliphatic carbocycles. The van der Waals surface area contributed by atoms with Crippen LogP contribution in [0.3, 0.4) is 0 Å². The average Bonchev–Trinajstić information content (AvgIpc) is 1.65. The summed E-state index contributed by atoms with van der Waals surface area (Å²) in [5.41, 5.74) is 0. The zero-order valence-electron chi connectivity index (χ0n) is 5.85. The van der Waals surface area contributed by atoms with Crippen molar-refractivity contribution in [2.24, 2.45) is 0 Å². The van der Waals surface area contributed by atoms with Crippen molar-refractivity contribution in [2.45, 2.75) is 5.82 Å². The number of amides is 1. The van der Waals surface area contributed by atoms with Crippen molar-refractivity contribution in [3.63, 3.8) is 0 Å². The number of rotatable bonds is 1. The molecule has 0 bridgehead atoms. The quantitative estimate of drug-likeness (QED) is 0.467. The fourth-order valence-electron chi connectivity index (χ4n) is 0.185. The maximum Gasteiger partial charge on any atom is 0.184 e. The summed E-state index contributed by atoms with van der Waals surface area (Å²) in [6.07, 6.45) is 0. The number of carbonyl (C=O) groups is 1. The molecule has 1 N–H and O–H groups in total. The summed E-state index contributed by atoms with van der Waals surface area (Å²) in [5.74, 6) is -0.870. The Balaban J connectivity index is -0.000000180. The van der Waals surface area contributed by atoms with Crippen LogP contribution in [-0.4, -0.2) is 20.8 Å². The summed E-state index contributed by atoms with van der Waals surface area (Å²) in [5, 5.41) is 2.34. The first-order valence-corrected chi connectivity index (χ1v) is 1.98. The van der Waals surface area contributed by atoms with Crippen molar-refractivity contribution in [3.05, 3.63) is 14.4 Å². The van der Waals surface area contributed by atoms with Crippen LogP contribution < -0.4 is 5.32 Å². The molecule has 0 aromatic heterocycles. The van der Waals surface area contributed by atoms with Crippen molar-refractivity contribution in [1.82, 2.24) is 5.32 Å². The summed E-state index contributed by atoms with van der Waals surface area (Å²) in [6.45, 7) is 3.27. The van der Waals surface area contributed by atoms with Crippen molar-refractivity contribution in [2.75, 3.05) is 7.05 Å². The second-order valence-electron chi connectivity index (χ2n) is 1.22. The van der Waals surface area contributed by atoms with Crippen LogP contribution in [0.4, 0.5) is 0 Å². The van der Waals surface area contributed by atoms with Gasteiger partial charge >= 0.3 is 0 Å². The van der Waals surface area contributed by atoms with E-state index in [0.29, 0.717) is 0 Å². The van der Waals surface area contributed by atoms with Crippen LogP contribution in [0.15, 0.2) is 0 Å². The number of nitrogens with one attached hydrogen (secondary N) is 1. The molecule has 0 saturated heterocycles. The van der Waals surface area contributed by atoms with Gasteiger partial charge in [0.1, 0.15) is 0 Å². The standard InChI is InChI=1S/C4H7BNO.CH3.Y/c1-3(5)4(7)6-2;;/h3H,1H2,2H3,(H,6,7);1H3;/q2*-1;. The van der Waals surface area contributed by atoms with Gasteiger partial charge in [0.25, 0.3) is 0 Å². The maximum atomic E-state index is 10.2. The SMILES string of the molecule is [B]C([CH2-])C(=O)NC.[CH3-].[Y]. The molecule has 0 rings (SSSR count). The van der Waals surface area contributed by atoms with E-state index in [1.54, 1.807) is 0 Å². The Morgan fingerprint density at radius 1 is 1.78 bits per heavy atom. The van der Waals surface area contributed by atoms with E-state index < -0.39 is 5.82 Å². The molecule has 4 heteroatoms. The molecule has 1 atom stereocenters. The van der Waals surface area contributed by atoms with E-state index in [-0.39, 0.29) is 46.0 Å². The van der Waals surface area contributed by atoms with Crippen LogP contribution in [0, 0.1) is 14.4 Å². The first-order valence-electron chi connectivity index (χ1n) is 1.98. The molecule has 1 unspecified atom stereocenters. The monoisotopic (exact) mass is 200 g/mol. The summed E-state index contributed by atoms with van der Waals surface area (Å²) >= 11 is 0. The summed E-state index contributed by atoms with van der Waals surface area (Å²) < 4.78 is 0. The first kappa shape index (κ1) is 16.3. The van der Waals surface area contributed by atoms with E-state index in [0.717, 1.165) is 0 Å². The fraction of sp³-hybridized carbons (Fsp3) is 0.400. The smallest absolute Gasteiger partial charge is 0.184 e. The molecule has 0 aliphatic heterocycles. The second-order valence-corrected chi connectivity index (χ2v) is 1.22. The number of hydrogen-bond donors (Lipinski definition) is 1. The van der Waals surface area contributed by atoms with E-state index in [1.165, 1.54) is 7.05 Å². The van der Waals surface area contributed by atoms with Gasteiger partial charge < -0.3 is 19.7 Å². The normalized spacial score (nSPS) is 10.0. The zero-order valence-corrected chi connectivity index (χ0v) is 8.69. The molecule has 49 valence electrons. The molecule has 3 radical (unpaired) electrons. The van der Waals surface area contributed by atoms with Gasteiger partial charge in [-0.25, -0.2) is 0 Å². The van der Waals surface area contributed by atoms with Crippen molar-refractivity contribution in [1.29, 1.82) is 0 Å². The predicted octanol–water partition coefficient (Wildman–Crippen LogP) is -0.0287. The minimum atomic E-state index is -0.634. The summed E-state index contributed by atoms with van der Waals surface area (Å²) in [7, 11) is 6.54. The van der Waals surface area contributed by atoms with E-state index in [2.05, 4.69) is 12.2 Å². The third-order valence-electron chi connectivity index (χ3n) is 0.583.